The summed E-state index contributed by atoms with van der Waals surface area (Å²) in [6.45, 7) is 3.72. The predicted octanol–water partition coefficient (Wildman–Crippen LogP) is 4.74. The largest absolute Gasteiger partial charge is 0.497 e. The first-order valence-corrected chi connectivity index (χ1v) is 10.6. The molecule has 0 aliphatic carbocycles. The first-order valence-electron chi connectivity index (χ1n) is 10.2. The van der Waals surface area contributed by atoms with E-state index in [0.29, 0.717) is 6.67 Å². The summed E-state index contributed by atoms with van der Waals surface area (Å²) in [7, 11) is 5.39. The number of benzene rings is 2. The van der Waals surface area contributed by atoms with E-state index in [-0.39, 0.29) is 6.04 Å². The molecule has 1 aliphatic heterocycles. The van der Waals surface area contributed by atoms with E-state index >= 15 is 0 Å². The number of likely N-dealkylation sites (tertiary alicyclic amines) is 1. The van der Waals surface area contributed by atoms with Gasteiger partial charge in [0, 0.05) is 30.8 Å². The van der Waals surface area contributed by atoms with Gasteiger partial charge < -0.3 is 14.0 Å². The van der Waals surface area contributed by atoms with E-state index in [1.807, 2.05) is 28.4 Å². The molecule has 6 nitrogen and oxygen atoms in total. The summed E-state index contributed by atoms with van der Waals surface area (Å²) in [5, 5.41) is 4.87. The van der Waals surface area contributed by atoms with Crippen LogP contribution in [0.5, 0.6) is 11.5 Å². The number of methoxy groups -OCH3 is 2. The highest BCUT2D eigenvalue weighted by molar-refractivity contribution is 7.71. The molecule has 0 amide bonds. The number of hydrogen-bond acceptors (Lipinski definition) is 5. The van der Waals surface area contributed by atoms with E-state index < -0.39 is 0 Å². The van der Waals surface area contributed by atoms with Gasteiger partial charge in [0.15, 0.2) is 10.6 Å². The molecule has 1 saturated heterocycles. The van der Waals surface area contributed by atoms with Crippen molar-refractivity contribution in [2.75, 3.05) is 20.8 Å². The van der Waals surface area contributed by atoms with E-state index in [0.717, 1.165) is 52.6 Å². The Balaban J connectivity index is 1.65. The van der Waals surface area contributed by atoms with Crippen LogP contribution >= 0.6 is 12.2 Å². The Labute approximate surface area is 182 Å². The molecule has 1 atom stereocenters. The Morgan fingerprint density at radius 3 is 2.70 bits per heavy atom. The maximum atomic E-state index is 5.72. The van der Waals surface area contributed by atoms with Crippen LogP contribution in [0.2, 0.25) is 0 Å². The number of hydrogen-bond donors (Lipinski definition) is 0. The Bertz CT molecular complexity index is 1100. The molecule has 30 heavy (non-hydrogen) atoms. The third kappa shape index (κ3) is 3.87. The smallest absolute Gasteiger partial charge is 0.199 e. The number of nitrogens with zero attached hydrogens (tertiary/aromatic N) is 4. The Kier molecular flexibility index (Phi) is 5.92. The maximum Gasteiger partial charge on any atom is 0.199 e. The van der Waals surface area contributed by atoms with E-state index in [1.54, 1.807) is 14.2 Å². The molecule has 3 aromatic rings. The fraction of sp³-hybridized carbons (Fsp3) is 0.391. The van der Waals surface area contributed by atoms with Crippen LogP contribution in [0.25, 0.3) is 11.4 Å². The molecular weight excluding hydrogens is 396 g/mol. The van der Waals surface area contributed by atoms with Gasteiger partial charge in [-0.05, 0) is 56.2 Å². The summed E-state index contributed by atoms with van der Waals surface area (Å²) >= 11 is 5.72. The van der Waals surface area contributed by atoms with Gasteiger partial charge in [0.2, 0.25) is 0 Å². The molecule has 1 aromatic heterocycles. The second kappa shape index (κ2) is 8.62. The summed E-state index contributed by atoms with van der Waals surface area (Å²) in [4.78, 5) is 2.42. The van der Waals surface area contributed by atoms with Crippen molar-refractivity contribution >= 4 is 12.2 Å². The molecule has 1 fully saturated rings. The SMILES string of the molecule is COc1ccc(OC)c([C@@H]2CCCN2Cn2nc(-c3cccc(C)c3)n(C)c2=S)c1. The second-order valence-electron chi connectivity index (χ2n) is 7.75. The lowest BCUT2D eigenvalue weighted by Gasteiger charge is -2.26. The first kappa shape index (κ1) is 20.6. The van der Waals surface area contributed by atoms with E-state index in [1.165, 1.54) is 5.56 Å². The first-order chi connectivity index (χ1) is 14.5. The molecule has 2 heterocycles. The standard InChI is InChI=1S/C23H28N4O2S/c1-16-7-5-8-17(13-16)22-24-27(23(30)25(22)2)15-26-12-6-9-20(26)19-14-18(28-3)10-11-21(19)29-4/h5,7-8,10-11,13-14,20H,6,9,12,15H2,1-4H3/t20-/m0/s1. The molecule has 2 aromatic carbocycles. The van der Waals surface area contributed by atoms with E-state index in [4.69, 9.17) is 26.8 Å². The zero-order valence-corrected chi connectivity index (χ0v) is 18.8. The van der Waals surface area contributed by atoms with Crippen LogP contribution in [0, 0.1) is 11.7 Å². The van der Waals surface area contributed by atoms with E-state index in [2.05, 4.69) is 42.2 Å². The van der Waals surface area contributed by atoms with Crippen molar-refractivity contribution in [2.24, 2.45) is 7.05 Å². The van der Waals surface area contributed by atoms with Crippen LogP contribution in [0.4, 0.5) is 0 Å². The number of aryl methyl sites for hydroxylation is 1. The van der Waals surface area contributed by atoms with Crippen molar-refractivity contribution in [3.8, 4) is 22.9 Å². The lowest BCUT2D eigenvalue weighted by molar-refractivity contribution is 0.186. The Morgan fingerprint density at radius 1 is 1.13 bits per heavy atom. The van der Waals surface area contributed by atoms with Crippen LogP contribution in [0.3, 0.4) is 0 Å². The molecule has 0 N–H and O–H groups in total. The van der Waals surface area contributed by atoms with Crippen molar-refractivity contribution < 1.29 is 9.47 Å². The van der Waals surface area contributed by atoms with Crippen molar-refractivity contribution in [1.82, 2.24) is 19.2 Å². The molecule has 0 bridgehead atoms. The summed E-state index contributed by atoms with van der Waals surface area (Å²) in [6, 6.07) is 14.6. The fourth-order valence-electron chi connectivity index (χ4n) is 4.24. The lowest BCUT2D eigenvalue weighted by atomic mass is 10.0. The minimum atomic E-state index is 0.237. The highest BCUT2D eigenvalue weighted by Gasteiger charge is 2.29. The summed E-state index contributed by atoms with van der Waals surface area (Å²) in [5.41, 5.74) is 3.43. The lowest BCUT2D eigenvalue weighted by Crippen LogP contribution is -2.27. The average Bonchev–Trinajstić information content (AvgIpc) is 3.33. The van der Waals surface area contributed by atoms with Gasteiger partial charge in [0.1, 0.15) is 11.5 Å². The highest BCUT2D eigenvalue weighted by atomic mass is 32.1. The number of rotatable bonds is 6. The van der Waals surface area contributed by atoms with Crippen LogP contribution in [0.15, 0.2) is 42.5 Å². The predicted molar refractivity (Wildman–Crippen MR) is 120 cm³/mol. The summed E-state index contributed by atoms with van der Waals surface area (Å²) in [5.74, 6) is 2.62. The van der Waals surface area contributed by atoms with Gasteiger partial charge in [-0.15, -0.1) is 0 Å². The fourth-order valence-corrected chi connectivity index (χ4v) is 4.42. The van der Waals surface area contributed by atoms with Crippen LogP contribution in [-0.4, -0.2) is 40.0 Å². The normalized spacial score (nSPS) is 16.7. The molecule has 4 rings (SSSR count). The topological polar surface area (TPSA) is 44.5 Å². The zero-order valence-electron chi connectivity index (χ0n) is 18.0. The maximum absolute atomic E-state index is 5.72. The third-order valence-corrected chi connectivity index (χ3v) is 6.28. The van der Waals surface area contributed by atoms with Gasteiger partial charge in [-0.25, -0.2) is 4.68 Å². The Hall–Kier alpha value is -2.64. The summed E-state index contributed by atoms with van der Waals surface area (Å²) < 4.78 is 15.7. The molecular formula is C23H28N4O2S. The van der Waals surface area contributed by atoms with Crippen molar-refractivity contribution in [3.63, 3.8) is 0 Å². The summed E-state index contributed by atoms with van der Waals surface area (Å²) in [6.07, 6.45) is 2.18. The number of ether oxygens (including phenoxy) is 2. The molecule has 0 unspecified atom stereocenters. The van der Waals surface area contributed by atoms with E-state index in [9.17, 15) is 0 Å². The van der Waals surface area contributed by atoms with Gasteiger partial charge in [-0.1, -0.05) is 23.8 Å². The van der Waals surface area contributed by atoms with Crippen LogP contribution in [-0.2, 0) is 13.7 Å². The minimum absolute atomic E-state index is 0.237. The van der Waals surface area contributed by atoms with Crippen molar-refractivity contribution in [3.05, 3.63) is 58.4 Å². The van der Waals surface area contributed by atoms with Crippen molar-refractivity contribution in [1.29, 1.82) is 0 Å². The third-order valence-electron chi connectivity index (χ3n) is 5.79. The second-order valence-corrected chi connectivity index (χ2v) is 8.12. The molecule has 0 radical (unpaired) electrons. The molecule has 0 saturated carbocycles. The molecule has 7 heteroatoms. The van der Waals surface area contributed by atoms with Crippen LogP contribution < -0.4 is 9.47 Å². The zero-order chi connectivity index (χ0) is 21.3. The minimum Gasteiger partial charge on any atom is -0.497 e. The average molecular weight is 425 g/mol. The highest BCUT2D eigenvalue weighted by Crippen LogP contribution is 2.39. The quantitative estimate of drug-likeness (QED) is 0.535. The van der Waals surface area contributed by atoms with Gasteiger partial charge in [0.25, 0.3) is 0 Å². The monoisotopic (exact) mass is 424 g/mol. The van der Waals surface area contributed by atoms with Gasteiger partial charge in [-0.2, -0.15) is 5.10 Å². The number of aromatic nitrogens is 3. The van der Waals surface area contributed by atoms with Gasteiger partial charge in [-0.3, -0.25) is 4.90 Å². The van der Waals surface area contributed by atoms with Crippen LogP contribution in [0.1, 0.15) is 30.0 Å². The molecule has 158 valence electrons. The van der Waals surface area contributed by atoms with Gasteiger partial charge >= 0.3 is 0 Å². The molecule has 0 spiro atoms. The Morgan fingerprint density at radius 2 is 1.97 bits per heavy atom. The van der Waals surface area contributed by atoms with Gasteiger partial charge in [0.05, 0.1) is 20.9 Å². The molecule has 1 aliphatic rings. The van der Waals surface area contributed by atoms with Crippen molar-refractivity contribution in [2.45, 2.75) is 32.5 Å².